The topological polar surface area (TPSA) is 77.2 Å². The highest BCUT2D eigenvalue weighted by atomic mass is 35.5. The van der Waals surface area contributed by atoms with Gasteiger partial charge in [-0.25, -0.2) is 13.6 Å². The lowest BCUT2D eigenvalue weighted by Crippen LogP contribution is -2.17. The van der Waals surface area contributed by atoms with Gasteiger partial charge in [0.15, 0.2) is 11.0 Å². The molecular weight excluding hydrogens is 504 g/mol. The van der Waals surface area contributed by atoms with Crippen LogP contribution in [0, 0.1) is 11.7 Å². The number of anilines is 1. The molecule has 0 saturated carbocycles. The molecule has 1 heterocycles. The van der Waals surface area contributed by atoms with E-state index in [1.807, 2.05) is 24.3 Å². The Morgan fingerprint density at radius 2 is 2.03 bits per heavy atom. The molecule has 0 bridgehead atoms. The number of nitrogens with two attached hydrogens (primary N) is 1. The summed E-state index contributed by atoms with van der Waals surface area (Å²) in [5.74, 6) is 0.152. The first-order valence-electron chi connectivity index (χ1n) is 10.2. The lowest BCUT2D eigenvalue weighted by atomic mass is 9.84. The number of nitrogens with one attached hydrogen (secondary N) is 1. The predicted molar refractivity (Wildman–Crippen MR) is 136 cm³/mol. The summed E-state index contributed by atoms with van der Waals surface area (Å²) in [6.45, 7) is 0.368. The van der Waals surface area contributed by atoms with Gasteiger partial charge in [0.25, 0.3) is 0 Å². The van der Waals surface area contributed by atoms with Crippen molar-refractivity contribution in [2.45, 2.75) is 24.2 Å². The largest absolute Gasteiger partial charge is 0.491 e. The first kappa shape index (κ1) is 25.6. The number of rotatable bonds is 7. The summed E-state index contributed by atoms with van der Waals surface area (Å²) in [6, 6.07) is 10.3. The van der Waals surface area contributed by atoms with Crippen LogP contribution < -0.4 is 15.2 Å². The van der Waals surface area contributed by atoms with Crippen LogP contribution in [0.25, 0.3) is 5.57 Å². The minimum atomic E-state index is -1.82. The van der Waals surface area contributed by atoms with E-state index in [2.05, 4.69) is 21.5 Å². The Bertz CT molecular complexity index is 1110. The number of benzene rings is 2. The van der Waals surface area contributed by atoms with Crippen LogP contribution >= 0.6 is 34.5 Å². The first-order chi connectivity index (χ1) is 16.0. The molecule has 5 nitrogen and oxygen atoms in total. The van der Waals surface area contributed by atoms with Crippen LogP contribution in [0.2, 0.25) is 10.0 Å². The zero-order valence-corrected chi connectivity index (χ0v) is 21.0. The molecule has 0 amide bonds. The van der Waals surface area contributed by atoms with Crippen molar-refractivity contribution in [1.82, 2.24) is 4.98 Å². The normalized spacial score (nSPS) is 16.3. The van der Waals surface area contributed by atoms with Crippen molar-refractivity contribution in [3.63, 3.8) is 0 Å². The Morgan fingerprint density at radius 1 is 1.27 bits per heavy atom. The third kappa shape index (κ3) is 6.77. The quantitative estimate of drug-likeness (QED) is 0.364. The van der Waals surface area contributed by atoms with Gasteiger partial charge in [-0.15, -0.1) is 11.3 Å². The maximum absolute atomic E-state index is 14.6. The molecule has 1 aliphatic carbocycles. The average Bonchev–Trinajstić information content (AvgIpc) is 3.34. The van der Waals surface area contributed by atoms with Crippen LogP contribution in [-0.2, 0) is 11.0 Å². The average molecular weight is 529 g/mol. The number of nitrogens with zero attached hydrogens (tertiary/aromatic N) is 1. The lowest BCUT2D eigenvalue weighted by Gasteiger charge is -2.25. The zero-order chi connectivity index (χ0) is 23.8. The van der Waals surface area contributed by atoms with Crippen LogP contribution in [0.5, 0.6) is 5.75 Å². The molecule has 2 aromatic carbocycles. The highest BCUT2D eigenvalue weighted by molar-refractivity contribution is 7.86. The van der Waals surface area contributed by atoms with Crippen molar-refractivity contribution < 1.29 is 13.3 Å². The van der Waals surface area contributed by atoms with Gasteiger partial charge in [0.1, 0.15) is 17.4 Å². The zero-order valence-electron chi connectivity index (χ0n) is 17.9. The SMILES string of the molecule is CN.O=S(Nc1cscn1)c1cc(Cl)c(OCC2CCCC=C2c2ccc(Cl)cc2)cc1F. The van der Waals surface area contributed by atoms with E-state index in [0.717, 1.165) is 24.8 Å². The summed E-state index contributed by atoms with van der Waals surface area (Å²) in [6.07, 6.45) is 5.26. The molecule has 1 aliphatic rings. The van der Waals surface area contributed by atoms with Gasteiger partial charge in [-0.05, 0) is 55.6 Å². The van der Waals surface area contributed by atoms with Crippen LogP contribution in [0.3, 0.4) is 0 Å². The number of thiazole rings is 1. The molecular formula is C23H24Cl2FN3O2S2. The van der Waals surface area contributed by atoms with Crippen LogP contribution in [0.1, 0.15) is 24.8 Å². The van der Waals surface area contributed by atoms with Crippen LogP contribution in [-0.4, -0.2) is 22.8 Å². The lowest BCUT2D eigenvalue weighted by molar-refractivity contribution is 0.267. The Morgan fingerprint density at radius 3 is 2.73 bits per heavy atom. The van der Waals surface area contributed by atoms with Crippen molar-refractivity contribution in [1.29, 1.82) is 0 Å². The fourth-order valence-electron chi connectivity index (χ4n) is 3.48. The third-order valence-corrected chi connectivity index (χ3v) is 7.23. The van der Waals surface area contributed by atoms with Gasteiger partial charge >= 0.3 is 0 Å². The molecule has 0 radical (unpaired) electrons. The van der Waals surface area contributed by atoms with Gasteiger partial charge in [0, 0.05) is 22.4 Å². The second-order valence-electron chi connectivity index (χ2n) is 7.06. The van der Waals surface area contributed by atoms with E-state index in [4.69, 9.17) is 27.9 Å². The number of aromatic nitrogens is 1. The van der Waals surface area contributed by atoms with Gasteiger partial charge in [0.05, 0.1) is 22.0 Å². The molecule has 4 rings (SSSR count). The highest BCUT2D eigenvalue weighted by Gasteiger charge is 2.22. The standard InChI is InChI=1S/C22H19Cl2FN2O2S2.CH5N/c23-16-7-5-14(6-8-16)17-4-2-1-3-15(17)11-29-20-10-19(25)21(9-18(20)24)31(28)27-22-12-30-13-26-22;1-2/h4-10,12-13,15,27H,1-3,11H2;2H2,1H3. The maximum Gasteiger partial charge on any atom is 0.154 e. The number of ether oxygens (including phenoxy) is 1. The first-order valence-corrected chi connectivity index (χ1v) is 13.1. The van der Waals surface area contributed by atoms with E-state index in [1.165, 1.54) is 36.1 Å². The molecule has 3 aromatic rings. The molecule has 0 saturated heterocycles. The summed E-state index contributed by atoms with van der Waals surface area (Å²) in [5.41, 5.74) is 8.40. The molecule has 3 N–H and O–H groups in total. The Kier molecular flexibility index (Phi) is 9.70. The fourth-order valence-corrected chi connectivity index (χ4v) is 5.32. The minimum absolute atomic E-state index is 0.0511. The Labute approximate surface area is 209 Å². The summed E-state index contributed by atoms with van der Waals surface area (Å²) < 4.78 is 35.6. The van der Waals surface area contributed by atoms with E-state index in [1.54, 1.807) is 10.9 Å². The molecule has 176 valence electrons. The second-order valence-corrected chi connectivity index (χ2v) is 9.81. The minimum Gasteiger partial charge on any atom is -0.491 e. The van der Waals surface area contributed by atoms with E-state index >= 15 is 0 Å². The van der Waals surface area contributed by atoms with E-state index in [9.17, 15) is 8.60 Å². The number of allylic oxidation sites excluding steroid dienone is 1. The van der Waals surface area contributed by atoms with Gasteiger partial charge in [-0.2, -0.15) is 0 Å². The third-order valence-electron chi connectivity index (χ3n) is 4.99. The van der Waals surface area contributed by atoms with Gasteiger partial charge in [0.2, 0.25) is 0 Å². The van der Waals surface area contributed by atoms with E-state index in [-0.39, 0.29) is 21.6 Å². The maximum atomic E-state index is 14.6. The molecule has 2 unspecified atom stereocenters. The Balaban J connectivity index is 0.00000149. The number of hydrogen-bond donors (Lipinski definition) is 2. The summed E-state index contributed by atoms with van der Waals surface area (Å²) in [7, 11) is -0.324. The fraction of sp³-hybridized carbons (Fsp3) is 0.261. The molecule has 1 aromatic heterocycles. The summed E-state index contributed by atoms with van der Waals surface area (Å²) >= 11 is 13.7. The van der Waals surface area contributed by atoms with E-state index < -0.39 is 16.8 Å². The van der Waals surface area contributed by atoms with Crippen LogP contribution in [0.4, 0.5) is 10.2 Å². The molecule has 0 spiro atoms. The molecule has 0 fully saturated rings. The molecule has 10 heteroatoms. The highest BCUT2D eigenvalue weighted by Crippen LogP contribution is 2.35. The van der Waals surface area contributed by atoms with Gasteiger partial charge in [-0.1, -0.05) is 41.4 Å². The molecule has 33 heavy (non-hydrogen) atoms. The summed E-state index contributed by atoms with van der Waals surface area (Å²) in [5, 5.41) is 2.58. The van der Waals surface area contributed by atoms with Crippen LogP contribution in [0.15, 0.2) is 58.3 Å². The second kappa shape index (κ2) is 12.5. The van der Waals surface area contributed by atoms with Gasteiger partial charge in [-0.3, -0.25) is 4.72 Å². The predicted octanol–water partition coefficient (Wildman–Crippen LogP) is 6.56. The van der Waals surface area contributed by atoms with Crippen molar-refractivity contribution in [3.05, 3.63) is 74.8 Å². The number of halogens is 3. The monoisotopic (exact) mass is 527 g/mol. The molecule has 0 aliphatic heterocycles. The number of hydrogen-bond acceptors (Lipinski definition) is 5. The summed E-state index contributed by atoms with van der Waals surface area (Å²) in [4.78, 5) is 3.94. The van der Waals surface area contributed by atoms with Crippen molar-refractivity contribution in [2.75, 3.05) is 18.4 Å². The van der Waals surface area contributed by atoms with Crippen molar-refractivity contribution in [3.8, 4) is 5.75 Å². The van der Waals surface area contributed by atoms with Gasteiger partial charge < -0.3 is 10.5 Å². The molecule has 2 atom stereocenters. The Hall–Kier alpha value is -1.97. The van der Waals surface area contributed by atoms with E-state index in [0.29, 0.717) is 17.4 Å². The van der Waals surface area contributed by atoms with Crippen molar-refractivity contribution in [2.24, 2.45) is 11.7 Å². The van der Waals surface area contributed by atoms with Crippen molar-refractivity contribution >= 4 is 56.9 Å². The smallest absolute Gasteiger partial charge is 0.154 e.